The van der Waals surface area contributed by atoms with Crippen molar-refractivity contribution in [1.29, 1.82) is 0 Å². The van der Waals surface area contributed by atoms with Crippen LogP contribution in [0.15, 0.2) is 6.33 Å². The number of aryl methyl sites for hydroxylation is 1. The SMILES string of the molecule is CCc1ncnc(NC(=O)O)n1. The van der Waals surface area contributed by atoms with Crippen LogP contribution in [0.2, 0.25) is 0 Å². The molecule has 6 nitrogen and oxygen atoms in total. The van der Waals surface area contributed by atoms with E-state index in [0.29, 0.717) is 12.2 Å². The molecule has 1 heterocycles. The lowest BCUT2D eigenvalue weighted by molar-refractivity contribution is 0.209. The van der Waals surface area contributed by atoms with Crippen molar-refractivity contribution >= 4 is 12.0 Å². The van der Waals surface area contributed by atoms with Gasteiger partial charge in [0.05, 0.1) is 0 Å². The number of rotatable bonds is 2. The molecule has 0 saturated carbocycles. The van der Waals surface area contributed by atoms with Gasteiger partial charge in [-0.15, -0.1) is 0 Å². The molecule has 0 saturated heterocycles. The Bertz CT molecular complexity index is 289. The van der Waals surface area contributed by atoms with E-state index < -0.39 is 6.09 Å². The third-order valence-electron chi connectivity index (χ3n) is 1.16. The second-order valence-corrected chi connectivity index (χ2v) is 2.01. The zero-order valence-corrected chi connectivity index (χ0v) is 6.48. The molecule has 0 fully saturated rings. The molecular weight excluding hydrogens is 160 g/mol. The largest absolute Gasteiger partial charge is 0.465 e. The highest BCUT2D eigenvalue weighted by molar-refractivity contribution is 5.79. The Morgan fingerprint density at radius 1 is 1.67 bits per heavy atom. The number of aromatic nitrogens is 3. The molecular formula is C6H8N4O2. The lowest BCUT2D eigenvalue weighted by Gasteiger charge is -1.98. The van der Waals surface area contributed by atoms with E-state index in [2.05, 4.69) is 15.0 Å². The highest BCUT2D eigenvalue weighted by Crippen LogP contribution is 1.96. The third-order valence-corrected chi connectivity index (χ3v) is 1.16. The maximum atomic E-state index is 10.2. The number of anilines is 1. The van der Waals surface area contributed by atoms with Gasteiger partial charge in [0.1, 0.15) is 12.2 Å². The minimum absolute atomic E-state index is 0.0642. The van der Waals surface area contributed by atoms with Crippen molar-refractivity contribution in [2.75, 3.05) is 5.32 Å². The van der Waals surface area contributed by atoms with E-state index in [1.165, 1.54) is 6.33 Å². The van der Waals surface area contributed by atoms with Crippen molar-refractivity contribution in [2.24, 2.45) is 0 Å². The van der Waals surface area contributed by atoms with Gasteiger partial charge in [-0.1, -0.05) is 6.92 Å². The summed E-state index contributed by atoms with van der Waals surface area (Å²) in [6.45, 7) is 1.87. The highest BCUT2D eigenvalue weighted by Gasteiger charge is 2.01. The summed E-state index contributed by atoms with van der Waals surface area (Å²) in [6.07, 6.45) is 0.747. The van der Waals surface area contributed by atoms with Crippen molar-refractivity contribution in [3.63, 3.8) is 0 Å². The number of nitrogens with zero attached hydrogens (tertiary/aromatic N) is 3. The average molecular weight is 168 g/mol. The lowest BCUT2D eigenvalue weighted by Crippen LogP contribution is -2.11. The lowest BCUT2D eigenvalue weighted by atomic mass is 10.5. The summed E-state index contributed by atoms with van der Waals surface area (Å²) in [7, 11) is 0. The number of hydrogen-bond acceptors (Lipinski definition) is 4. The monoisotopic (exact) mass is 168 g/mol. The van der Waals surface area contributed by atoms with E-state index in [4.69, 9.17) is 5.11 Å². The van der Waals surface area contributed by atoms with Gasteiger partial charge < -0.3 is 5.11 Å². The number of carboxylic acid groups (broad SMARTS) is 1. The van der Waals surface area contributed by atoms with E-state index in [0.717, 1.165) is 0 Å². The summed E-state index contributed by atoms with van der Waals surface area (Å²) in [6, 6.07) is 0. The maximum Gasteiger partial charge on any atom is 0.411 e. The van der Waals surface area contributed by atoms with E-state index in [1.807, 2.05) is 12.2 Å². The molecule has 0 aliphatic heterocycles. The first-order chi connectivity index (χ1) is 5.72. The van der Waals surface area contributed by atoms with Gasteiger partial charge in [0.25, 0.3) is 0 Å². The minimum atomic E-state index is -1.18. The molecule has 2 N–H and O–H groups in total. The van der Waals surface area contributed by atoms with Gasteiger partial charge in [-0.25, -0.2) is 14.8 Å². The fourth-order valence-corrected chi connectivity index (χ4v) is 0.656. The van der Waals surface area contributed by atoms with Crippen molar-refractivity contribution in [3.8, 4) is 0 Å². The average Bonchev–Trinajstić information content (AvgIpc) is 2.03. The Kier molecular flexibility index (Phi) is 2.52. The van der Waals surface area contributed by atoms with Crippen molar-refractivity contribution in [1.82, 2.24) is 15.0 Å². The maximum absolute atomic E-state index is 10.2. The summed E-state index contributed by atoms with van der Waals surface area (Å²) in [5.41, 5.74) is 0. The third kappa shape index (κ3) is 2.15. The van der Waals surface area contributed by atoms with Crippen molar-refractivity contribution in [3.05, 3.63) is 12.2 Å². The molecule has 0 aliphatic rings. The molecule has 0 aliphatic carbocycles. The summed E-state index contributed by atoms with van der Waals surface area (Å²) < 4.78 is 0. The van der Waals surface area contributed by atoms with Gasteiger partial charge in [0, 0.05) is 6.42 Å². The molecule has 0 spiro atoms. The van der Waals surface area contributed by atoms with Crippen LogP contribution in [0.5, 0.6) is 0 Å². The molecule has 0 radical (unpaired) electrons. The molecule has 1 aromatic rings. The fourth-order valence-electron chi connectivity index (χ4n) is 0.656. The van der Waals surface area contributed by atoms with Gasteiger partial charge in [-0.2, -0.15) is 4.98 Å². The standard InChI is InChI=1S/C6H8N4O2/c1-2-4-7-3-8-5(9-4)10-6(11)12/h3H,2H2,1H3,(H,11,12)(H,7,8,9,10). The molecule has 0 unspecified atom stereocenters. The molecule has 64 valence electrons. The van der Waals surface area contributed by atoms with Crippen LogP contribution in [0.25, 0.3) is 0 Å². The molecule has 0 atom stereocenters. The van der Waals surface area contributed by atoms with Crippen LogP contribution < -0.4 is 5.32 Å². The Morgan fingerprint density at radius 3 is 3.00 bits per heavy atom. The first-order valence-corrected chi connectivity index (χ1v) is 3.40. The normalized spacial score (nSPS) is 9.42. The zero-order valence-electron chi connectivity index (χ0n) is 6.48. The van der Waals surface area contributed by atoms with E-state index in [9.17, 15) is 4.79 Å². The number of amides is 1. The Balaban J connectivity index is 2.79. The van der Waals surface area contributed by atoms with Crippen LogP contribution in [0, 0.1) is 0 Å². The second-order valence-electron chi connectivity index (χ2n) is 2.01. The topological polar surface area (TPSA) is 88.0 Å². The predicted molar refractivity (Wildman–Crippen MR) is 40.9 cm³/mol. The van der Waals surface area contributed by atoms with Gasteiger partial charge in [0.15, 0.2) is 0 Å². The van der Waals surface area contributed by atoms with Gasteiger partial charge >= 0.3 is 6.09 Å². The first kappa shape index (κ1) is 8.38. The van der Waals surface area contributed by atoms with Crippen LogP contribution in [0.3, 0.4) is 0 Å². The summed E-state index contributed by atoms with van der Waals surface area (Å²) >= 11 is 0. The van der Waals surface area contributed by atoms with Crippen LogP contribution >= 0.6 is 0 Å². The van der Waals surface area contributed by atoms with Crippen LogP contribution in [0.4, 0.5) is 10.7 Å². The zero-order chi connectivity index (χ0) is 8.97. The fraction of sp³-hybridized carbons (Fsp3) is 0.333. The molecule has 0 aromatic carbocycles. The molecule has 6 heteroatoms. The van der Waals surface area contributed by atoms with Gasteiger partial charge in [-0.05, 0) is 0 Å². The van der Waals surface area contributed by atoms with E-state index >= 15 is 0 Å². The molecule has 0 bridgehead atoms. The van der Waals surface area contributed by atoms with E-state index in [1.54, 1.807) is 0 Å². The second kappa shape index (κ2) is 3.61. The molecule has 1 aromatic heterocycles. The highest BCUT2D eigenvalue weighted by atomic mass is 16.4. The number of hydrogen-bond donors (Lipinski definition) is 2. The van der Waals surface area contributed by atoms with Crippen molar-refractivity contribution in [2.45, 2.75) is 13.3 Å². The van der Waals surface area contributed by atoms with Gasteiger partial charge in [0.2, 0.25) is 5.95 Å². The Hall–Kier alpha value is -1.72. The number of nitrogens with one attached hydrogen (secondary N) is 1. The van der Waals surface area contributed by atoms with Crippen molar-refractivity contribution < 1.29 is 9.90 Å². The molecule has 1 rings (SSSR count). The van der Waals surface area contributed by atoms with Crippen LogP contribution in [0.1, 0.15) is 12.7 Å². The number of carbonyl (C=O) groups is 1. The van der Waals surface area contributed by atoms with Crippen LogP contribution in [-0.4, -0.2) is 26.2 Å². The smallest absolute Gasteiger partial charge is 0.411 e. The van der Waals surface area contributed by atoms with Gasteiger partial charge in [-0.3, -0.25) is 5.32 Å². The Labute approximate surface area is 68.7 Å². The van der Waals surface area contributed by atoms with E-state index in [-0.39, 0.29) is 5.95 Å². The van der Waals surface area contributed by atoms with Crippen LogP contribution in [-0.2, 0) is 6.42 Å². The first-order valence-electron chi connectivity index (χ1n) is 3.40. The predicted octanol–water partition coefficient (Wildman–Crippen LogP) is 0.524. The summed E-state index contributed by atoms with van der Waals surface area (Å²) in [5, 5.41) is 10.4. The quantitative estimate of drug-likeness (QED) is 0.672. The Morgan fingerprint density at radius 2 is 2.42 bits per heavy atom. The molecule has 12 heavy (non-hydrogen) atoms. The molecule has 1 amide bonds. The summed E-state index contributed by atoms with van der Waals surface area (Å²) in [4.78, 5) is 21.4. The minimum Gasteiger partial charge on any atom is -0.465 e. The summed E-state index contributed by atoms with van der Waals surface area (Å²) in [5.74, 6) is 0.628.